The van der Waals surface area contributed by atoms with Crippen LogP contribution in [0.25, 0.3) is 5.70 Å². The minimum atomic E-state index is -0.394. The molecule has 1 aromatic rings. The fraction of sp³-hybridized carbons (Fsp3) is 0.444. The van der Waals surface area contributed by atoms with Gasteiger partial charge >= 0.3 is 5.97 Å². The van der Waals surface area contributed by atoms with Crippen molar-refractivity contribution in [3.8, 4) is 0 Å². The van der Waals surface area contributed by atoms with E-state index in [0.29, 0.717) is 6.42 Å². The second-order valence-corrected chi connectivity index (χ2v) is 5.64. The number of esters is 1. The summed E-state index contributed by atoms with van der Waals surface area (Å²) < 4.78 is 5.26. The summed E-state index contributed by atoms with van der Waals surface area (Å²) in [5, 5.41) is 6.08. The number of ether oxygens (including phenoxy) is 1. The van der Waals surface area contributed by atoms with Gasteiger partial charge in [-0.2, -0.15) is 0 Å². The maximum Gasteiger partial charge on any atom is 0.332 e. The molecule has 0 unspecified atom stereocenters. The molecule has 2 rings (SSSR count). The maximum atomic E-state index is 12.0. The highest BCUT2D eigenvalue weighted by Gasteiger charge is 2.21. The average molecular weight is 316 g/mol. The minimum absolute atomic E-state index is 0.0211. The summed E-state index contributed by atoms with van der Waals surface area (Å²) in [7, 11) is 0. The second kappa shape index (κ2) is 8.98. The van der Waals surface area contributed by atoms with Gasteiger partial charge in [0.05, 0.1) is 6.04 Å². The van der Waals surface area contributed by atoms with Gasteiger partial charge in [-0.05, 0) is 18.4 Å². The quantitative estimate of drug-likeness (QED) is 0.438. The van der Waals surface area contributed by atoms with E-state index >= 15 is 0 Å². The highest BCUT2D eigenvalue weighted by molar-refractivity contribution is 5.91. The molecule has 0 bridgehead atoms. The van der Waals surface area contributed by atoms with Gasteiger partial charge in [0, 0.05) is 24.7 Å². The van der Waals surface area contributed by atoms with Crippen molar-refractivity contribution in [2.45, 2.75) is 38.6 Å². The highest BCUT2D eigenvalue weighted by Crippen LogP contribution is 2.12. The summed E-state index contributed by atoms with van der Waals surface area (Å²) in [5.74, 6) is -0.373. The number of amides is 1. The van der Waals surface area contributed by atoms with Crippen LogP contribution in [-0.2, 0) is 14.3 Å². The molecule has 1 aliphatic heterocycles. The van der Waals surface area contributed by atoms with Gasteiger partial charge < -0.3 is 15.4 Å². The summed E-state index contributed by atoms with van der Waals surface area (Å²) in [5.41, 5.74) is 1.72. The van der Waals surface area contributed by atoms with Gasteiger partial charge in [0.15, 0.2) is 0 Å². The van der Waals surface area contributed by atoms with Gasteiger partial charge in [-0.3, -0.25) is 4.79 Å². The van der Waals surface area contributed by atoms with Gasteiger partial charge in [-0.25, -0.2) is 4.79 Å². The molecule has 124 valence electrons. The molecule has 0 aromatic heterocycles. The fourth-order valence-corrected chi connectivity index (χ4v) is 2.40. The SMILES string of the molecule is CCCCN/C(=C\C(=O)OC[C@@H]1CCC(=O)N1)c1ccccc1. The van der Waals surface area contributed by atoms with Crippen LogP contribution in [0.2, 0.25) is 0 Å². The number of carbonyl (C=O) groups excluding carboxylic acids is 2. The first-order valence-corrected chi connectivity index (χ1v) is 8.16. The number of rotatable bonds is 8. The molecule has 0 aliphatic carbocycles. The fourth-order valence-electron chi connectivity index (χ4n) is 2.40. The summed E-state index contributed by atoms with van der Waals surface area (Å²) in [6.07, 6.45) is 4.83. The third kappa shape index (κ3) is 5.77. The van der Waals surface area contributed by atoms with Crippen LogP contribution in [-0.4, -0.2) is 31.1 Å². The standard InChI is InChI=1S/C18H24N2O3/c1-2-3-11-19-16(14-7-5-4-6-8-14)12-18(22)23-13-15-9-10-17(21)20-15/h4-8,12,15,19H,2-3,9-11,13H2,1H3,(H,20,21)/b16-12-/t15-/m0/s1. The van der Waals surface area contributed by atoms with Crippen LogP contribution in [0.4, 0.5) is 0 Å². The molecule has 1 amide bonds. The Morgan fingerprint density at radius 1 is 1.39 bits per heavy atom. The maximum absolute atomic E-state index is 12.0. The first-order valence-electron chi connectivity index (χ1n) is 8.16. The molecular formula is C18H24N2O3. The van der Waals surface area contributed by atoms with E-state index in [1.165, 1.54) is 6.08 Å². The van der Waals surface area contributed by atoms with Crippen LogP contribution in [0, 0.1) is 0 Å². The van der Waals surface area contributed by atoms with Crippen LogP contribution < -0.4 is 10.6 Å². The van der Waals surface area contributed by atoms with Crippen molar-refractivity contribution in [3.63, 3.8) is 0 Å². The van der Waals surface area contributed by atoms with E-state index in [0.717, 1.165) is 37.1 Å². The molecule has 1 aliphatic rings. The number of hydrogen-bond donors (Lipinski definition) is 2. The highest BCUT2D eigenvalue weighted by atomic mass is 16.5. The number of carbonyl (C=O) groups is 2. The Labute approximate surface area is 137 Å². The largest absolute Gasteiger partial charge is 0.460 e. The zero-order chi connectivity index (χ0) is 16.5. The average Bonchev–Trinajstić information content (AvgIpc) is 2.98. The molecular weight excluding hydrogens is 292 g/mol. The van der Waals surface area contributed by atoms with Crippen molar-refractivity contribution >= 4 is 17.6 Å². The molecule has 1 saturated heterocycles. The summed E-state index contributed by atoms with van der Waals surface area (Å²) in [6, 6.07) is 9.65. The van der Waals surface area contributed by atoms with Crippen LogP contribution in [0.3, 0.4) is 0 Å². The normalized spacial score (nSPS) is 17.7. The molecule has 5 heteroatoms. The molecule has 23 heavy (non-hydrogen) atoms. The summed E-state index contributed by atoms with van der Waals surface area (Å²) >= 11 is 0. The molecule has 0 radical (unpaired) electrons. The smallest absolute Gasteiger partial charge is 0.332 e. The molecule has 1 fully saturated rings. The van der Waals surface area contributed by atoms with Crippen LogP contribution >= 0.6 is 0 Å². The predicted molar refractivity (Wildman–Crippen MR) is 89.5 cm³/mol. The third-order valence-electron chi connectivity index (χ3n) is 3.70. The first kappa shape index (κ1) is 17.1. The summed E-state index contributed by atoms with van der Waals surface area (Å²) in [4.78, 5) is 23.2. The van der Waals surface area contributed by atoms with Gasteiger partial charge in [0.2, 0.25) is 5.91 Å². The lowest BCUT2D eigenvalue weighted by Gasteiger charge is -2.12. The van der Waals surface area contributed by atoms with E-state index in [1.54, 1.807) is 0 Å². The summed E-state index contributed by atoms with van der Waals surface area (Å²) in [6.45, 7) is 3.15. The van der Waals surface area contributed by atoms with Gasteiger partial charge in [0.1, 0.15) is 6.61 Å². The van der Waals surface area contributed by atoms with Crippen molar-refractivity contribution in [2.75, 3.05) is 13.2 Å². The number of hydrogen-bond acceptors (Lipinski definition) is 4. The van der Waals surface area contributed by atoms with E-state index in [-0.39, 0.29) is 18.6 Å². The van der Waals surface area contributed by atoms with E-state index in [2.05, 4.69) is 17.6 Å². The van der Waals surface area contributed by atoms with E-state index < -0.39 is 5.97 Å². The lowest BCUT2D eigenvalue weighted by atomic mass is 10.1. The van der Waals surface area contributed by atoms with Crippen molar-refractivity contribution in [3.05, 3.63) is 42.0 Å². The molecule has 1 atom stereocenters. The zero-order valence-corrected chi connectivity index (χ0v) is 13.5. The number of nitrogens with one attached hydrogen (secondary N) is 2. The number of benzene rings is 1. The topological polar surface area (TPSA) is 67.4 Å². The van der Waals surface area contributed by atoms with E-state index in [4.69, 9.17) is 4.74 Å². The zero-order valence-electron chi connectivity index (χ0n) is 13.5. The molecule has 0 spiro atoms. The van der Waals surface area contributed by atoms with E-state index in [1.807, 2.05) is 30.3 Å². The van der Waals surface area contributed by atoms with Crippen LogP contribution in [0.15, 0.2) is 36.4 Å². The van der Waals surface area contributed by atoms with Crippen LogP contribution in [0.5, 0.6) is 0 Å². The molecule has 0 saturated carbocycles. The molecule has 1 aromatic carbocycles. The lowest BCUT2D eigenvalue weighted by Crippen LogP contribution is -2.30. The molecule has 2 N–H and O–H groups in total. The van der Waals surface area contributed by atoms with Crippen LogP contribution in [0.1, 0.15) is 38.2 Å². The van der Waals surface area contributed by atoms with E-state index in [9.17, 15) is 9.59 Å². The Balaban J connectivity index is 1.94. The third-order valence-corrected chi connectivity index (χ3v) is 3.70. The van der Waals surface area contributed by atoms with Crippen molar-refractivity contribution in [1.29, 1.82) is 0 Å². The van der Waals surface area contributed by atoms with Crippen molar-refractivity contribution in [1.82, 2.24) is 10.6 Å². The Morgan fingerprint density at radius 2 is 2.17 bits per heavy atom. The molecule has 5 nitrogen and oxygen atoms in total. The van der Waals surface area contributed by atoms with Crippen molar-refractivity contribution in [2.24, 2.45) is 0 Å². The van der Waals surface area contributed by atoms with Crippen molar-refractivity contribution < 1.29 is 14.3 Å². The van der Waals surface area contributed by atoms with Gasteiger partial charge in [-0.1, -0.05) is 43.7 Å². The first-order chi connectivity index (χ1) is 11.2. The molecule has 1 heterocycles. The second-order valence-electron chi connectivity index (χ2n) is 5.64. The van der Waals surface area contributed by atoms with Gasteiger partial charge in [-0.15, -0.1) is 0 Å². The Kier molecular flexibility index (Phi) is 6.66. The predicted octanol–water partition coefficient (Wildman–Crippen LogP) is 2.24. The minimum Gasteiger partial charge on any atom is -0.460 e. The van der Waals surface area contributed by atoms with Gasteiger partial charge in [0.25, 0.3) is 0 Å². The lowest BCUT2D eigenvalue weighted by molar-refractivity contribution is -0.138. The Bertz CT molecular complexity index is 555. The Morgan fingerprint density at radius 3 is 2.83 bits per heavy atom. The number of unbranched alkanes of at least 4 members (excludes halogenated alkanes) is 1. The monoisotopic (exact) mass is 316 g/mol. The Hall–Kier alpha value is -2.30.